The van der Waals surface area contributed by atoms with Crippen molar-refractivity contribution in [3.8, 4) is 100 Å². The van der Waals surface area contributed by atoms with Gasteiger partial charge < -0.3 is 9.80 Å². The SMILES string of the molecule is Cc1cc(-c2ccc(N(c3ccc(-c4ccc(-c5ccccc5)cc4)cc3)c3c(C)cccc3-c3ccc(-c4ccccc4)cc3)c(C)c2)ccc1N(c1ccc(-c2ccc(-c3ccccc3)cc2)cc1)c1c(C)cccc1-c1ccc(-c2ccccc2)cc1. The summed E-state index contributed by atoms with van der Waals surface area (Å²) in [6, 6.07) is 124. The molecule has 0 heterocycles. The summed E-state index contributed by atoms with van der Waals surface area (Å²) in [7, 11) is 0. The summed E-state index contributed by atoms with van der Waals surface area (Å²) < 4.78 is 0. The molecule has 2 nitrogen and oxygen atoms in total. The number of rotatable bonds is 15. The fraction of sp³-hybridized carbons (Fsp3) is 0.0455. The average Bonchev–Trinajstić information content (AvgIpc) is 1.80. The van der Waals surface area contributed by atoms with Gasteiger partial charge in [0.15, 0.2) is 0 Å². The Kier molecular flexibility index (Phi) is 15.8. The van der Waals surface area contributed by atoms with Gasteiger partial charge in [0.2, 0.25) is 0 Å². The van der Waals surface area contributed by atoms with E-state index in [-0.39, 0.29) is 0 Å². The zero-order valence-electron chi connectivity index (χ0n) is 51.2. The Balaban J connectivity index is 0.839. The highest BCUT2D eigenvalue weighted by Gasteiger charge is 2.24. The highest BCUT2D eigenvalue weighted by atomic mass is 15.2. The molecule has 14 rings (SSSR count). The second-order valence-corrected chi connectivity index (χ2v) is 23.5. The zero-order chi connectivity index (χ0) is 60.9. The topological polar surface area (TPSA) is 6.48 Å². The summed E-state index contributed by atoms with van der Waals surface area (Å²) in [6.45, 7) is 9.00. The van der Waals surface area contributed by atoms with Crippen LogP contribution in [0.1, 0.15) is 22.3 Å². The Morgan fingerprint density at radius 1 is 0.167 bits per heavy atom. The molecule has 0 aliphatic heterocycles. The van der Waals surface area contributed by atoms with Gasteiger partial charge in [0.05, 0.1) is 11.4 Å². The van der Waals surface area contributed by atoms with Gasteiger partial charge in [-0.3, -0.25) is 0 Å². The van der Waals surface area contributed by atoms with Gasteiger partial charge in [-0.1, -0.05) is 291 Å². The molecule has 2 heteroatoms. The Labute approximate surface area is 530 Å². The molecule has 0 spiro atoms. The second kappa shape index (κ2) is 25.2. The van der Waals surface area contributed by atoms with Crippen LogP contribution in [0.3, 0.4) is 0 Å². The van der Waals surface area contributed by atoms with Crippen molar-refractivity contribution >= 4 is 34.1 Å². The van der Waals surface area contributed by atoms with Crippen LogP contribution >= 0.6 is 0 Å². The number of para-hydroxylation sites is 2. The highest BCUT2D eigenvalue weighted by Crippen LogP contribution is 2.48. The molecule has 0 saturated heterocycles. The predicted molar refractivity (Wildman–Crippen MR) is 384 cm³/mol. The lowest BCUT2D eigenvalue weighted by molar-refractivity contribution is 1.22. The first kappa shape index (κ1) is 56.5. The van der Waals surface area contributed by atoms with Crippen molar-refractivity contribution < 1.29 is 0 Å². The van der Waals surface area contributed by atoms with Gasteiger partial charge in [0.1, 0.15) is 0 Å². The minimum Gasteiger partial charge on any atom is -0.309 e. The molecule has 430 valence electrons. The number of hydrogen-bond donors (Lipinski definition) is 0. The van der Waals surface area contributed by atoms with E-state index in [0.29, 0.717) is 0 Å². The van der Waals surface area contributed by atoms with Crippen LogP contribution in [0, 0.1) is 27.7 Å². The third-order valence-corrected chi connectivity index (χ3v) is 17.6. The number of aryl methyl sites for hydroxylation is 4. The van der Waals surface area contributed by atoms with E-state index in [0.717, 1.165) is 56.4 Å². The molecule has 0 amide bonds. The van der Waals surface area contributed by atoms with Gasteiger partial charge >= 0.3 is 0 Å². The van der Waals surface area contributed by atoms with Gasteiger partial charge in [0, 0.05) is 33.9 Å². The van der Waals surface area contributed by atoms with E-state index >= 15 is 0 Å². The van der Waals surface area contributed by atoms with Gasteiger partial charge in [0.25, 0.3) is 0 Å². The standard InChI is InChI=1S/C88H68N2/c1-61-19-17-29-83(77-43-39-71(40-44-77)67-25-13-7-14-26-67)87(61)89(81-53-47-75(48-54-81)73-35-31-69(32-36-73)65-21-9-5-10-22-65)85-57-51-79(59-63(85)3)80-52-58-86(64(4)60-80)90(82-55-49-76(50-56-82)74-37-33-70(34-38-74)66-23-11-6-12-24-66)88-62(2)20-18-30-84(88)78-45-41-72(42-46-78)68-27-15-8-16-28-68/h5-60H,1-4H3. The monoisotopic (exact) mass is 1150 g/mol. The molecule has 0 unspecified atom stereocenters. The molecule has 90 heavy (non-hydrogen) atoms. The molecule has 0 fully saturated rings. The van der Waals surface area contributed by atoms with Crippen LogP contribution in [0.15, 0.2) is 340 Å². The van der Waals surface area contributed by atoms with E-state index in [2.05, 4.69) is 377 Å². The molecule has 0 saturated carbocycles. The maximum Gasteiger partial charge on any atom is 0.0569 e. The van der Waals surface area contributed by atoms with E-state index in [1.807, 2.05) is 0 Å². The number of benzene rings is 14. The van der Waals surface area contributed by atoms with Crippen LogP contribution in [0.5, 0.6) is 0 Å². The van der Waals surface area contributed by atoms with Gasteiger partial charge in [-0.2, -0.15) is 0 Å². The molecular formula is C88H68N2. The van der Waals surface area contributed by atoms with E-state index < -0.39 is 0 Å². The summed E-state index contributed by atoms with van der Waals surface area (Å²) in [6.07, 6.45) is 0. The van der Waals surface area contributed by atoms with E-state index in [4.69, 9.17) is 0 Å². The van der Waals surface area contributed by atoms with Crippen molar-refractivity contribution in [1.82, 2.24) is 0 Å². The molecule has 0 aromatic heterocycles. The van der Waals surface area contributed by atoms with Gasteiger partial charge in [-0.05, 0) is 187 Å². The first-order chi connectivity index (χ1) is 44.3. The molecular weight excluding hydrogens is 1080 g/mol. The normalized spacial score (nSPS) is 11.1. The van der Waals surface area contributed by atoms with Crippen LogP contribution in [-0.4, -0.2) is 0 Å². The summed E-state index contributed by atoms with van der Waals surface area (Å²) >= 11 is 0. The van der Waals surface area contributed by atoms with Crippen LogP contribution in [0.2, 0.25) is 0 Å². The van der Waals surface area contributed by atoms with E-state index in [1.165, 1.54) is 100 Å². The van der Waals surface area contributed by atoms with Crippen molar-refractivity contribution in [2.45, 2.75) is 27.7 Å². The number of hydrogen-bond acceptors (Lipinski definition) is 2. The fourth-order valence-electron chi connectivity index (χ4n) is 12.8. The zero-order valence-corrected chi connectivity index (χ0v) is 51.2. The minimum atomic E-state index is 1.09. The number of nitrogens with zero attached hydrogens (tertiary/aromatic N) is 2. The van der Waals surface area contributed by atoms with Crippen molar-refractivity contribution in [3.05, 3.63) is 362 Å². The van der Waals surface area contributed by atoms with Crippen molar-refractivity contribution in [2.75, 3.05) is 9.80 Å². The van der Waals surface area contributed by atoms with Crippen LogP contribution < -0.4 is 9.80 Å². The van der Waals surface area contributed by atoms with E-state index in [1.54, 1.807) is 0 Å². The molecule has 0 aliphatic rings. The molecule has 14 aromatic rings. The lowest BCUT2D eigenvalue weighted by Crippen LogP contribution is -2.14. The van der Waals surface area contributed by atoms with Gasteiger partial charge in [-0.25, -0.2) is 0 Å². The quantitative estimate of drug-likeness (QED) is 0.101. The van der Waals surface area contributed by atoms with Crippen molar-refractivity contribution in [1.29, 1.82) is 0 Å². The van der Waals surface area contributed by atoms with Crippen molar-refractivity contribution in [3.63, 3.8) is 0 Å². The highest BCUT2D eigenvalue weighted by molar-refractivity contribution is 5.94. The summed E-state index contributed by atoms with van der Waals surface area (Å²) in [5.41, 5.74) is 32.8. The maximum atomic E-state index is 2.48. The molecule has 0 N–H and O–H groups in total. The third kappa shape index (κ3) is 11.6. The largest absolute Gasteiger partial charge is 0.309 e. The Morgan fingerprint density at radius 2 is 0.389 bits per heavy atom. The second-order valence-electron chi connectivity index (χ2n) is 23.5. The average molecular weight is 1150 g/mol. The fourth-order valence-corrected chi connectivity index (χ4v) is 12.8. The minimum absolute atomic E-state index is 1.09. The van der Waals surface area contributed by atoms with Crippen molar-refractivity contribution in [2.24, 2.45) is 0 Å². The Hall–Kier alpha value is -11.3. The van der Waals surface area contributed by atoms with Crippen LogP contribution in [0.25, 0.3) is 100 Å². The third-order valence-electron chi connectivity index (χ3n) is 17.6. The van der Waals surface area contributed by atoms with Crippen LogP contribution in [0.4, 0.5) is 34.1 Å². The number of anilines is 6. The Morgan fingerprint density at radius 3 is 0.644 bits per heavy atom. The van der Waals surface area contributed by atoms with E-state index in [9.17, 15) is 0 Å². The summed E-state index contributed by atoms with van der Waals surface area (Å²) in [4.78, 5) is 4.95. The van der Waals surface area contributed by atoms with Crippen LogP contribution in [-0.2, 0) is 0 Å². The first-order valence-electron chi connectivity index (χ1n) is 31.1. The lowest BCUT2D eigenvalue weighted by atomic mass is 9.94. The first-order valence-corrected chi connectivity index (χ1v) is 31.1. The smallest absolute Gasteiger partial charge is 0.0569 e. The summed E-state index contributed by atoms with van der Waals surface area (Å²) in [5.74, 6) is 0. The molecule has 0 radical (unpaired) electrons. The molecule has 0 aliphatic carbocycles. The lowest BCUT2D eigenvalue weighted by Gasteiger charge is -2.31. The predicted octanol–water partition coefficient (Wildman–Crippen LogP) is 24.9. The Bertz CT molecular complexity index is 4460. The molecule has 0 atom stereocenters. The molecule has 0 bridgehead atoms. The summed E-state index contributed by atoms with van der Waals surface area (Å²) in [5, 5.41) is 0. The molecule has 14 aromatic carbocycles. The van der Waals surface area contributed by atoms with Gasteiger partial charge in [-0.15, -0.1) is 0 Å². The maximum absolute atomic E-state index is 2.48.